The second-order valence-corrected chi connectivity index (χ2v) is 8.68. The Kier molecular flexibility index (Phi) is 5.67. The predicted molar refractivity (Wildman–Crippen MR) is 109 cm³/mol. The third-order valence-corrected chi connectivity index (χ3v) is 6.60. The van der Waals surface area contributed by atoms with E-state index in [-0.39, 0.29) is 23.6 Å². The van der Waals surface area contributed by atoms with Crippen molar-refractivity contribution in [2.24, 2.45) is 5.41 Å². The molecule has 1 atom stereocenters. The molecule has 1 spiro atoms. The molecule has 1 amide bonds. The summed E-state index contributed by atoms with van der Waals surface area (Å²) in [6.45, 7) is 6.63. The molecule has 1 aromatic carbocycles. The van der Waals surface area contributed by atoms with Crippen LogP contribution in [0.5, 0.6) is 0 Å². The molecular weight excluding hydrogens is 369 g/mol. The fourth-order valence-electron chi connectivity index (χ4n) is 5.16. The van der Waals surface area contributed by atoms with Crippen LogP contribution in [0.2, 0.25) is 0 Å². The molecule has 2 fully saturated rings. The van der Waals surface area contributed by atoms with Crippen molar-refractivity contribution < 1.29 is 9.18 Å². The van der Waals surface area contributed by atoms with Crippen LogP contribution in [0, 0.1) is 11.2 Å². The van der Waals surface area contributed by atoms with E-state index in [1.165, 1.54) is 12.1 Å². The predicted octanol–water partition coefficient (Wildman–Crippen LogP) is 2.71. The van der Waals surface area contributed by atoms with Gasteiger partial charge in [-0.2, -0.15) is 0 Å². The molecule has 29 heavy (non-hydrogen) atoms. The molecule has 2 aromatic rings. The van der Waals surface area contributed by atoms with Crippen LogP contribution in [0.25, 0.3) is 0 Å². The molecule has 2 aliphatic rings. The van der Waals surface area contributed by atoms with Gasteiger partial charge in [0.1, 0.15) is 18.0 Å². The summed E-state index contributed by atoms with van der Waals surface area (Å²) in [6, 6.07) is 6.34. The van der Waals surface area contributed by atoms with E-state index in [1.807, 2.05) is 17.3 Å². The first-order valence-electron chi connectivity index (χ1n) is 10.6. The van der Waals surface area contributed by atoms with E-state index in [0.29, 0.717) is 5.92 Å². The number of hydrogen-bond acceptors (Lipinski definition) is 4. The van der Waals surface area contributed by atoms with Gasteiger partial charge in [0.2, 0.25) is 5.91 Å². The fourth-order valence-corrected chi connectivity index (χ4v) is 5.16. The summed E-state index contributed by atoms with van der Waals surface area (Å²) in [4.78, 5) is 17.1. The van der Waals surface area contributed by atoms with Gasteiger partial charge in [-0.3, -0.25) is 4.79 Å². The average molecular weight is 400 g/mol. The summed E-state index contributed by atoms with van der Waals surface area (Å²) in [5, 5.41) is 8.67. The number of aromatic nitrogens is 3. The lowest BCUT2D eigenvalue weighted by molar-refractivity contribution is -0.132. The molecule has 0 saturated carbocycles. The van der Waals surface area contributed by atoms with E-state index in [9.17, 15) is 9.18 Å². The largest absolute Gasteiger partial charge is 0.342 e. The minimum Gasteiger partial charge on any atom is -0.342 e. The van der Waals surface area contributed by atoms with Crippen LogP contribution in [0.3, 0.4) is 0 Å². The number of likely N-dealkylation sites (N-methyl/N-ethyl adjacent to an activating group) is 1. The molecule has 0 bridgehead atoms. The van der Waals surface area contributed by atoms with Gasteiger partial charge in [0.15, 0.2) is 0 Å². The lowest BCUT2D eigenvalue weighted by Crippen LogP contribution is -2.46. The van der Waals surface area contributed by atoms with E-state index in [4.69, 9.17) is 0 Å². The molecule has 4 rings (SSSR count). The maximum absolute atomic E-state index is 13.4. The summed E-state index contributed by atoms with van der Waals surface area (Å²) < 4.78 is 15.6. The second kappa shape index (κ2) is 8.22. The molecule has 2 aliphatic heterocycles. The number of amides is 1. The molecule has 1 unspecified atom stereocenters. The van der Waals surface area contributed by atoms with Crippen molar-refractivity contribution in [1.82, 2.24) is 24.6 Å². The maximum Gasteiger partial charge on any atom is 0.226 e. The third kappa shape index (κ3) is 4.06. The quantitative estimate of drug-likeness (QED) is 0.776. The minimum atomic E-state index is -0.291. The SMILES string of the molecule is CCCn1cnnc1C1CN(C)CC12CCN(C(=O)Cc1cccc(F)c1)CC2. The second-order valence-electron chi connectivity index (χ2n) is 8.68. The monoisotopic (exact) mass is 399 g/mol. The number of likely N-dealkylation sites (tertiary alicyclic amines) is 2. The highest BCUT2D eigenvalue weighted by atomic mass is 19.1. The zero-order chi connectivity index (χ0) is 20.4. The topological polar surface area (TPSA) is 54.3 Å². The molecule has 7 heteroatoms. The van der Waals surface area contributed by atoms with E-state index in [1.54, 1.807) is 6.07 Å². The zero-order valence-electron chi connectivity index (χ0n) is 17.4. The normalized spacial score (nSPS) is 21.8. The van der Waals surface area contributed by atoms with Crippen LogP contribution in [0.1, 0.15) is 43.5 Å². The molecule has 3 heterocycles. The molecule has 6 nitrogen and oxygen atoms in total. The van der Waals surface area contributed by atoms with Crippen molar-refractivity contribution in [3.8, 4) is 0 Å². The standard InChI is InChI=1S/C22H30FN5O/c1-3-9-28-16-24-25-21(28)19-14-26(2)15-22(19)7-10-27(11-8-22)20(29)13-17-5-4-6-18(23)12-17/h4-6,12,16,19H,3,7-11,13-15H2,1-2H3. The van der Waals surface area contributed by atoms with E-state index >= 15 is 0 Å². The van der Waals surface area contributed by atoms with Crippen molar-refractivity contribution in [3.05, 3.63) is 47.8 Å². The van der Waals surface area contributed by atoms with Gasteiger partial charge in [0.05, 0.1) is 6.42 Å². The molecule has 1 aromatic heterocycles. The summed E-state index contributed by atoms with van der Waals surface area (Å²) in [7, 11) is 2.17. The highest BCUT2D eigenvalue weighted by molar-refractivity contribution is 5.78. The van der Waals surface area contributed by atoms with Gasteiger partial charge < -0.3 is 14.4 Å². The maximum atomic E-state index is 13.4. The van der Waals surface area contributed by atoms with Crippen LogP contribution in [-0.2, 0) is 17.8 Å². The van der Waals surface area contributed by atoms with Gasteiger partial charge in [-0.05, 0) is 49.4 Å². The highest BCUT2D eigenvalue weighted by Crippen LogP contribution is 2.48. The molecule has 0 aliphatic carbocycles. The Labute approximate surface area is 171 Å². The van der Waals surface area contributed by atoms with Crippen LogP contribution < -0.4 is 0 Å². The summed E-state index contributed by atoms with van der Waals surface area (Å²) in [5.74, 6) is 1.24. The van der Waals surface area contributed by atoms with Gasteiger partial charge in [0.25, 0.3) is 0 Å². The third-order valence-electron chi connectivity index (χ3n) is 6.60. The van der Waals surface area contributed by atoms with Crippen molar-refractivity contribution in [1.29, 1.82) is 0 Å². The summed E-state index contributed by atoms with van der Waals surface area (Å²) >= 11 is 0. The Balaban J connectivity index is 1.45. The first kappa shape index (κ1) is 20.0. The highest BCUT2D eigenvalue weighted by Gasteiger charge is 2.49. The fraction of sp³-hybridized carbons (Fsp3) is 0.591. The van der Waals surface area contributed by atoms with Gasteiger partial charge in [0, 0.05) is 38.6 Å². The number of benzene rings is 1. The number of nitrogens with zero attached hydrogens (tertiary/aromatic N) is 5. The van der Waals surface area contributed by atoms with E-state index < -0.39 is 0 Å². The minimum absolute atomic E-state index is 0.0856. The molecular formula is C22H30FN5O. The average Bonchev–Trinajstić information content (AvgIpc) is 3.26. The van der Waals surface area contributed by atoms with Crippen molar-refractivity contribution in [2.75, 3.05) is 33.2 Å². The number of aryl methyl sites for hydroxylation is 1. The summed E-state index contributed by atoms with van der Waals surface area (Å²) in [5.41, 5.74) is 0.879. The van der Waals surface area contributed by atoms with Gasteiger partial charge in [-0.25, -0.2) is 4.39 Å². The van der Waals surface area contributed by atoms with E-state index in [2.05, 4.69) is 33.6 Å². The van der Waals surface area contributed by atoms with Crippen LogP contribution in [0.4, 0.5) is 4.39 Å². The number of carbonyl (C=O) groups is 1. The van der Waals surface area contributed by atoms with Crippen LogP contribution in [0.15, 0.2) is 30.6 Å². The van der Waals surface area contributed by atoms with Gasteiger partial charge in [-0.1, -0.05) is 19.1 Å². The Hall–Kier alpha value is -2.28. The molecule has 0 radical (unpaired) electrons. The Morgan fingerprint density at radius 1 is 1.31 bits per heavy atom. The van der Waals surface area contributed by atoms with Crippen molar-refractivity contribution in [2.45, 2.75) is 45.1 Å². The number of carbonyl (C=O) groups excluding carboxylic acids is 1. The lowest BCUT2D eigenvalue weighted by Gasteiger charge is -2.42. The Morgan fingerprint density at radius 3 is 2.83 bits per heavy atom. The first-order chi connectivity index (χ1) is 14.0. The van der Waals surface area contributed by atoms with Gasteiger partial charge in [-0.15, -0.1) is 10.2 Å². The first-order valence-corrected chi connectivity index (χ1v) is 10.6. The Bertz CT molecular complexity index is 858. The van der Waals surface area contributed by atoms with E-state index in [0.717, 1.165) is 63.4 Å². The summed E-state index contributed by atoms with van der Waals surface area (Å²) in [6.07, 6.45) is 5.11. The smallest absolute Gasteiger partial charge is 0.226 e. The number of piperidine rings is 1. The lowest BCUT2D eigenvalue weighted by atomic mass is 9.70. The Morgan fingerprint density at radius 2 is 2.10 bits per heavy atom. The molecule has 156 valence electrons. The number of halogens is 1. The number of hydrogen-bond donors (Lipinski definition) is 0. The van der Waals surface area contributed by atoms with Gasteiger partial charge >= 0.3 is 0 Å². The number of rotatable bonds is 5. The van der Waals surface area contributed by atoms with Crippen LogP contribution in [-0.4, -0.2) is 63.7 Å². The van der Waals surface area contributed by atoms with Crippen molar-refractivity contribution in [3.63, 3.8) is 0 Å². The molecule has 0 N–H and O–H groups in total. The molecule has 2 saturated heterocycles. The van der Waals surface area contributed by atoms with Crippen molar-refractivity contribution >= 4 is 5.91 Å². The van der Waals surface area contributed by atoms with Crippen LogP contribution >= 0.6 is 0 Å². The zero-order valence-corrected chi connectivity index (χ0v) is 17.4.